The first kappa shape index (κ1) is 22.2. The second-order valence-corrected chi connectivity index (χ2v) is 7.82. The van der Waals surface area contributed by atoms with E-state index < -0.39 is 0 Å². The summed E-state index contributed by atoms with van der Waals surface area (Å²) in [7, 11) is 3.09. The minimum absolute atomic E-state index is 0.0511. The lowest BCUT2D eigenvalue weighted by Crippen LogP contribution is -2.50. The van der Waals surface area contributed by atoms with Crippen LogP contribution < -0.4 is 9.47 Å². The van der Waals surface area contributed by atoms with Crippen molar-refractivity contribution in [2.45, 2.75) is 12.8 Å². The molecule has 2 aromatic carbocycles. The summed E-state index contributed by atoms with van der Waals surface area (Å²) in [6, 6.07) is 10.4. The van der Waals surface area contributed by atoms with Crippen LogP contribution in [0.25, 0.3) is 0 Å². The van der Waals surface area contributed by atoms with E-state index in [0.29, 0.717) is 66.1 Å². The van der Waals surface area contributed by atoms with Gasteiger partial charge in [0.25, 0.3) is 5.91 Å². The van der Waals surface area contributed by atoms with Crippen LogP contribution in [0.5, 0.6) is 11.5 Å². The fourth-order valence-corrected chi connectivity index (χ4v) is 3.93. The fourth-order valence-electron chi connectivity index (χ4n) is 3.43. The Hall–Kier alpha value is -2.44. The van der Waals surface area contributed by atoms with E-state index >= 15 is 0 Å². The second kappa shape index (κ2) is 10.0. The molecule has 2 aromatic rings. The molecule has 0 bridgehead atoms. The van der Waals surface area contributed by atoms with Crippen molar-refractivity contribution >= 4 is 35.0 Å². The lowest BCUT2D eigenvalue weighted by molar-refractivity contribution is -0.132. The van der Waals surface area contributed by atoms with Gasteiger partial charge in [0.1, 0.15) is 11.5 Å². The molecule has 1 saturated heterocycles. The summed E-state index contributed by atoms with van der Waals surface area (Å²) in [5.74, 6) is 1.03. The molecule has 2 amide bonds. The molecule has 0 aromatic heterocycles. The molecular formula is C22H24Cl2N2O4. The van der Waals surface area contributed by atoms with Gasteiger partial charge in [0.15, 0.2) is 0 Å². The monoisotopic (exact) mass is 450 g/mol. The first-order chi connectivity index (χ1) is 14.4. The van der Waals surface area contributed by atoms with Gasteiger partial charge in [0, 0.05) is 48.7 Å². The molecule has 8 heteroatoms. The van der Waals surface area contributed by atoms with Crippen LogP contribution in [0.1, 0.15) is 22.3 Å². The van der Waals surface area contributed by atoms with Crippen molar-refractivity contribution in [1.82, 2.24) is 9.80 Å². The van der Waals surface area contributed by atoms with E-state index in [1.165, 1.54) is 7.11 Å². The van der Waals surface area contributed by atoms with E-state index in [9.17, 15) is 9.59 Å². The molecule has 0 atom stereocenters. The van der Waals surface area contributed by atoms with E-state index in [-0.39, 0.29) is 11.8 Å². The predicted octanol–water partition coefficient (Wildman–Crippen LogP) is 3.93. The topological polar surface area (TPSA) is 59.1 Å². The molecule has 0 aliphatic carbocycles. The number of halogens is 2. The first-order valence-electron chi connectivity index (χ1n) is 9.66. The van der Waals surface area contributed by atoms with Crippen molar-refractivity contribution in [3.05, 3.63) is 57.6 Å². The molecule has 3 rings (SSSR count). The Kier molecular flexibility index (Phi) is 7.45. The van der Waals surface area contributed by atoms with Crippen LogP contribution in [0.15, 0.2) is 36.4 Å². The average Bonchev–Trinajstić information content (AvgIpc) is 2.77. The molecular weight excluding hydrogens is 427 g/mol. The molecule has 1 heterocycles. The van der Waals surface area contributed by atoms with E-state index in [1.54, 1.807) is 47.2 Å². The van der Waals surface area contributed by atoms with Gasteiger partial charge in [0.2, 0.25) is 5.91 Å². The zero-order valence-corrected chi connectivity index (χ0v) is 18.5. The maximum absolute atomic E-state index is 12.9. The Morgan fingerprint density at radius 2 is 1.63 bits per heavy atom. The molecule has 0 radical (unpaired) electrons. The third kappa shape index (κ3) is 5.18. The normalized spacial score (nSPS) is 13.9. The third-order valence-electron chi connectivity index (χ3n) is 5.18. The Bertz CT molecular complexity index is 927. The minimum atomic E-state index is -0.116. The number of carbonyl (C=O) groups is 2. The highest BCUT2D eigenvalue weighted by molar-refractivity contribution is 6.35. The SMILES string of the molecule is COc1ccc(C(=O)N2CCN(C(=O)CCc3ccc(Cl)cc3Cl)CC2)c(OC)c1. The molecule has 6 nitrogen and oxygen atoms in total. The smallest absolute Gasteiger partial charge is 0.257 e. The summed E-state index contributed by atoms with van der Waals surface area (Å²) in [6.07, 6.45) is 0.915. The molecule has 0 unspecified atom stereocenters. The van der Waals surface area contributed by atoms with Gasteiger partial charge in [-0.1, -0.05) is 29.3 Å². The van der Waals surface area contributed by atoms with Crippen LogP contribution in [0.2, 0.25) is 10.0 Å². The van der Waals surface area contributed by atoms with Crippen molar-refractivity contribution in [1.29, 1.82) is 0 Å². The van der Waals surface area contributed by atoms with Gasteiger partial charge in [-0.3, -0.25) is 9.59 Å². The summed E-state index contributed by atoms with van der Waals surface area (Å²) in [5.41, 5.74) is 1.38. The molecule has 1 fully saturated rings. The number of amides is 2. The van der Waals surface area contributed by atoms with Crippen molar-refractivity contribution in [2.75, 3.05) is 40.4 Å². The second-order valence-electron chi connectivity index (χ2n) is 6.97. The van der Waals surface area contributed by atoms with Gasteiger partial charge in [-0.15, -0.1) is 0 Å². The number of piperazine rings is 1. The van der Waals surface area contributed by atoms with Crippen LogP contribution in [0.3, 0.4) is 0 Å². The summed E-state index contributed by atoms with van der Waals surface area (Å²) in [6.45, 7) is 1.94. The Labute approximate surface area is 186 Å². The number of nitrogens with zero attached hydrogens (tertiary/aromatic N) is 2. The van der Waals surface area contributed by atoms with Crippen molar-refractivity contribution < 1.29 is 19.1 Å². The summed E-state index contributed by atoms with van der Waals surface area (Å²) in [5, 5.41) is 1.14. The summed E-state index contributed by atoms with van der Waals surface area (Å²) in [4.78, 5) is 29.0. The zero-order valence-electron chi connectivity index (χ0n) is 17.0. The van der Waals surface area contributed by atoms with Gasteiger partial charge >= 0.3 is 0 Å². The van der Waals surface area contributed by atoms with E-state index in [1.807, 2.05) is 6.07 Å². The van der Waals surface area contributed by atoms with Crippen LogP contribution in [-0.4, -0.2) is 62.0 Å². The number of hydrogen-bond donors (Lipinski definition) is 0. The maximum Gasteiger partial charge on any atom is 0.257 e. The third-order valence-corrected chi connectivity index (χ3v) is 5.77. The number of methoxy groups -OCH3 is 2. The highest BCUT2D eigenvalue weighted by atomic mass is 35.5. The van der Waals surface area contributed by atoms with Gasteiger partial charge in [-0.2, -0.15) is 0 Å². The first-order valence-corrected chi connectivity index (χ1v) is 10.4. The predicted molar refractivity (Wildman–Crippen MR) is 117 cm³/mol. The quantitative estimate of drug-likeness (QED) is 0.668. The van der Waals surface area contributed by atoms with Crippen LogP contribution >= 0.6 is 23.2 Å². The molecule has 0 spiro atoms. The van der Waals surface area contributed by atoms with Gasteiger partial charge in [0.05, 0.1) is 19.8 Å². The zero-order chi connectivity index (χ0) is 21.7. The number of hydrogen-bond acceptors (Lipinski definition) is 4. The standard InChI is InChI=1S/C22H24Cl2N2O4/c1-29-17-6-7-18(20(14-17)30-2)22(28)26-11-9-25(10-12-26)21(27)8-4-15-3-5-16(23)13-19(15)24/h3,5-7,13-14H,4,8-12H2,1-2H3. The van der Waals surface area contributed by atoms with Crippen molar-refractivity contribution in [2.24, 2.45) is 0 Å². The van der Waals surface area contributed by atoms with Gasteiger partial charge in [-0.05, 0) is 36.2 Å². The van der Waals surface area contributed by atoms with Gasteiger partial charge < -0.3 is 19.3 Å². The summed E-state index contributed by atoms with van der Waals surface area (Å²) < 4.78 is 10.5. The van der Waals surface area contributed by atoms with Crippen LogP contribution in [0, 0.1) is 0 Å². The van der Waals surface area contributed by atoms with E-state index in [4.69, 9.17) is 32.7 Å². The fraction of sp³-hybridized carbons (Fsp3) is 0.364. The van der Waals surface area contributed by atoms with Crippen molar-refractivity contribution in [3.8, 4) is 11.5 Å². The molecule has 160 valence electrons. The molecule has 0 N–H and O–H groups in total. The lowest BCUT2D eigenvalue weighted by Gasteiger charge is -2.35. The Morgan fingerprint density at radius 1 is 0.933 bits per heavy atom. The molecule has 0 saturated carbocycles. The number of ether oxygens (including phenoxy) is 2. The van der Waals surface area contributed by atoms with E-state index in [0.717, 1.165) is 5.56 Å². The van der Waals surface area contributed by atoms with Crippen LogP contribution in [0.4, 0.5) is 0 Å². The molecule has 30 heavy (non-hydrogen) atoms. The number of benzene rings is 2. The lowest BCUT2D eigenvalue weighted by atomic mass is 10.1. The largest absolute Gasteiger partial charge is 0.497 e. The number of aryl methyl sites for hydroxylation is 1. The highest BCUT2D eigenvalue weighted by Crippen LogP contribution is 2.26. The molecule has 1 aliphatic rings. The number of carbonyl (C=O) groups excluding carboxylic acids is 2. The maximum atomic E-state index is 12.9. The average molecular weight is 451 g/mol. The summed E-state index contributed by atoms with van der Waals surface area (Å²) >= 11 is 12.1. The highest BCUT2D eigenvalue weighted by Gasteiger charge is 2.26. The van der Waals surface area contributed by atoms with E-state index in [2.05, 4.69) is 0 Å². The van der Waals surface area contributed by atoms with Gasteiger partial charge in [-0.25, -0.2) is 0 Å². The Morgan fingerprint density at radius 3 is 2.27 bits per heavy atom. The number of rotatable bonds is 6. The van der Waals surface area contributed by atoms with Crippen molar-refractivity contribution in [3.63, 3.8) is 0 Å². The minimum Gasteiger partial charge on any atom is -0.497 e. The molecule has 1 aliphatic heterocycles. The van der Waals surface area contributed by atoms with Crippen LogP contribution in [-0.2, 0) is 11.2 Å². The Balaban J connectivity index is 1.55.